The summed E-state index contributed by atoms with van der Waals surface area (Å²) in [7, 11) is 3.51. The molecule has 0 aliphatic heterocycles. The molecule has 18 heavy (non-hydrogen) atoms. The molecule has 1 aromatic carbocycles. The Bertz CT molecular complexity index is 526. The van der Waals surface area contributed by atoms with Crippen LogP contribution in [0.4, 0.5) is 0 Å². The quantitative estimate of drug-likeness (QED) is 0.919. The Morgan fingerprint density at radius 2 is 2.00 bits per heavy atom. The van der Waals surface area contributed by atoms with Gasteiger partial charge in [0.05, 0.1) is 7.11 Å². The van der Waals surface area contributed by atoms with E-state index in [2.05, 4.69) is 16.4 Å². The standard InChI is InChI=1S/C14H15ClN2O/c1-16-8-12-7-10(3-5-13(12)15)11-4-6-14(18-2)17-9-11/h3-7,9,16H,8H2,1-2H3. The van der Waals surface area contributed by atoms with Gasteiger partial charge in [0.25, 0.3) is 0 Å². The largest absolute Gasteiger partial charge is 0.481 e. The van der Waals surface area contributed by atoms with Crippen LogP contribution in [0, 0.1) is 0 Å². The highest BCUT2D eigenvalue weighted by Crippen LogP contribution is 2.25. The van der Waals surface area contributed by atoms with Gasteiger partial charge >= 0.3 is 0 Å². The molecule has 0 saturated carbocycles. The molecule has 1 N–H and O–H groups in total. The molecule has 0 aliphatic rings. The normalized spacial score (nSPS) is 10.4. The molecule has 0 spiro atoms. The molecule has 3 nitrogen and oxygen atoms in total. The minimum atomic E-state index is 0.614. The van der Waals surface area contributed by atoms with Crippen LogP contribution in [0.1, 0.15) is 5.56 Å². The maximum Gasteiger partial charge on any atom is 0.212 e. The lowest BCUT2D eigenvalue weighted by molar-refractivity contribution is 0.398. The number of nitrogens with one attached hydrogen (secondary N) is 1. The van der Waals surface area contributed by atoms with Gasteiger partial charge in [0, 0.05) is 29.4 Å². The van der Waals surface area contributed by atoms with Crippen molar-refractivity contribution in [2.75, 3.05) is 14.2 Å². The van der Waals surface area contributed by atoms with E-state index in [9.17, 15) is 0 Å². The molecule has 1 aromatic heterocycles. The van der Waals surface area contributed by atoms with E-state index in [0.29, 0.717) is 5.88 Å². The molecule has 0 fully saturated rings. The molecule has 2 aromatic rings. The van der Waals surface area contributed by atoms with Crippen molar-refractivity contribution in [1.82, 2.24) is 10.3 Å². The van der Waals surface area contributed by atoms with Gasteiger partial charge in [-0.05, 0) is 36.4 Å². The summed E-state index contributed by atoms with van der Waals surface area (Å²) in [6.45, 7) is 0.746. The van der Waals surface area contributed by atoms with Crippen LogP contribution in [-0.2, 0) is 6.54 Å². The number of methoxy groups -OCH3 is 1. The van der Waals surface area contributed by atoms with Gasteiger partial charge in [-0.3, -0.25) is 0 Å². The number of pyridine rings is 1. The molecule has 1 heterocycles. The SMILES string of the molecule is CNCc1cc(-c2ccc(OC)nc2)ccc1Cl. The highest BCUT2D eigenvalue weighted by Gasteiger charge is 2.04. The van der Waals surface area contributed by atoms with Gasteiger partial charge in [-0.15, -0.1) is 0 Å². The van der Waals surface area contributed by atoms with Crippen molar-refractivity contribution < 1.29 is 4.74 Å². The van der Waals surface area contributed by atoms with Crippen molar-refractivity contribution in [2.24, 2.45) is 0 Å². The summed E-state index contributed by atoms with van der Waals surface area (Å²) in [5.74, 6) is 0.614. The average molecular weight is 263 g/mol. The van der Waals surface area contributed by atoms with Crippen molar-refractivity contribution in [1.29, 1.82) is 0 Å². The van der Waals surface area contributed by atoms with E-state index in [0.717, 1.165) is 28.3 Å². The van der Waals surface area contributed by atoms with Crippen LogP contribution in [-0.4, -0.2) is 19.1 Å². The summed E-state index contributed by atoms with van der Waals surface area (Å²) < 4.78 is 5.04. The van der Waals surface area contributed by atoms with Crippen LogP contribution in [0.3, 0.4) is 0 Å². The Morgan fingerprint density at radius 3 is 2.61 bits per heavy atom. The Hall–Kier alpha value is -1.58. The summed E-state index contributed by atoms with van der Waals surface area (Å²) in [4.78, 5) is 4.20. The van der Waals surface area contributed by atoms with Gasteiger partial charge in [0.1, 0.15) is 0 Å². The number of hydrogen-bond donors (Lipinski definition) is 1. The van der Waals surface area contributed by atoms with E-state index in [-0.39, 0.29) is 0 Å². The Labute approximate surface area is 112 Å². The third-order valence-electron chi connectivity index (χ3n) is 2.69. The second kappa shape index (κ2) is 5.85. The van der Waals surface area contributed by atoms with Crippen molar-refractivity contribution in [2.45, 2.75) is 6.54 Å². The fourth-order valence-corrected chi connectivity index (χ4v) is 1.94. The van der Waals surface area contributed by atoms with Gasteiger partial charge < -0.3 is 10.1 Å². The predicted molar refractivity (Wildman–Crippen MR) is 74.0 cm³/mol. The van der Waals surface area contributed by atoms with E-state index in [1.807, 2.05) is 31.3 Å². The average Bonchev–Trinajstić information content (AvgIpc) is 2.42. The second-order valence-electron chi connectivity index (χ2n) is 3.93. The first-order valence-electron chi connectivity index (χ1n) is 5.68. The summed E-state index contributed by atoms with van der Waals surface area (Å²) in [6.07, 6.45) is 1.80. The molecule has 0 amide bonds. The maximum absolute atomic E-state index is 6.13. The van der Waals surface area contributed by atoms with Crippen LogP contribution in [0.5, 0.6) is 5.88 Å². The van der Waals surface area contributed by atoms with E-state index in [1.165, 1.54) is 0 Å². The van der Waals surface area contributed by atoms with E-state index in [1.54, 1.807) is 13.3 Å². The molecule has 0 radical (unpaired) electrons. The van der Waals surface area contributed by atoms with Gasteiger partial charge in [0.15, 0.2) is 0 Å². The number of nitrogens with zero attached hydrogens (tertiary/aromatic N) is 1. The molecule has 0 aliphatic carbocycles. The highest BCUT2D eigenvalue weighted by molar-refractivity contribution is 6.31. The fourth-order valence-electron chi connectivity index (χ4n) is 1.75. The van der Waals surface area contributed by atoms with Gasteiger partial charge in [0.2, 0.25) is 5.88 Å². The number of rotatable bonds is 4. The third-order valence-corrected chi connectivity index (χ3v) is 3.06. The highest BCUT2D eigenvalue weighted by atomic mass is 35.5. The molecule has 94 valence electrons. The first-order chi connectivity index (χ1) is 8.74. The minimum absolute atomic E-state index is 0.614. The zero-order valence-corrected chi connectivity index (χ0v) is 11.2. The van der Waals surface area contributed by atoms with Gasteiger partial charge in [-0.1, -0.05) is 17.7 Å². The zero-order chi connectivity index (χ0) is 13.0. The molecular weight excluding hydrogens is 248 g/mol. The zero-order valence-electron chi connectivity index (χ0n) is 10.4. The molecule has 0 atom stereocenters. The fraction of sp³-hybridized carbons (Fsp3) is 0.214. The molecule has 0 bridgehead atoms. The van der Waals surface area contributed by atoms with Crippen LogP contribution >= 0.6 is 11.6 Å². The molecule has 0 saturated heterocycles. The van der Waals surface area contributed by atoms with Crippen molar-refractivity contribution in [3.8, 4) is 17.0 Å². The number of halogens is 1. The Kier molecular flexibility index (Phi) is 4.18. The van der Waals surface area contributed by atoms with Crippen molar-refractivity contribution >= 4 is 11.6 Å². The molecular formula is C14H15ClN2O. The number of ether oxygens (including phenoxy) is 1. The van der Waals surface area contributed by atoms with Crippen LogP contribution in [0.25, 0.3) is 11.1 Å². The molecule has 0 unspecified atom stereocenters. The predicted octanol–water partition coefficient (Wildman–Crippen LogP) is 3.13. The van der Waals surface area contributed by atoms with Crippen molar-refractivity contribution in [3.63, 3.8) is 0 Å². The Balaban J connectivity index is 2.34. The topological polar surface area (TPSA) is 34.1 Å². The maximum atomic E-state index is 6.13. The van der Waals surface area contributed by atoms with Gasteiger partial charge in [-0.2, -0.15) is 0 Å². The first-order valence-corrected chi connectivity index (χ1v) is 6.06. The summed E-state index contributed by atoms with van der Waals surface area (Å²) in [5.41, 5.74) is 3.22. The smallest absolute Gasteiger partial charge is 0.212 e. The second-order valence-corrected chi connectivity index (χ2v) is 4.33. The summed E-state index contributed by atoms with van der Waals surface area (Å²) >= 11 is 6.13. The summed E-state index contributed by atoms with van der Waals surface area (Å²) in [6, 6.07) is 9.81. The third kappa shape index (κ3) is 2.81. The monoisotopic (exact) mass is 262 g/mol. The van der Waals surface area contributed by atoms with Crippen LogP contribution in [0.15, 0.2) is 36.5 Å². The van der Waals surface area contributed by atoms with Crippen LogP contribution < -0.4 is 10.1 Å². The van der Waals surface area contributed by atoms with E-state index in [4.69, 9.17) is 16.3 Å². The van der Waals surface area contributed by atoms with E-state index < -0.39 is 0 Å². The first kappa shape index (κ1) is 12.9. The lowest BCUT2D eigenvalue weighted by Crippen LogP contribution is -2.05. The van der Waals surface area contributed by atoms with Crippen molar-refractivity contribution in [3.05, 3.63) is 47.1 Å². The summed E-state index contributed by atoms with van der Waals surface area (Å²) in [5, 5.41) is 3.87. The lowest BCUT2D eigenvalue weighted by atomic mass is 10.0. The number of benzene rings is 1. The number of hydrogen-bond acceptors (Lipinski definition) is 3. The molecule has 2 rings (SSSR count). The van der Waals surface area contributed by atoms with E-state index >= 15 is 0 Å². The lowest BCUT2D eigenvalue weighted by Gasteiger charge is -2.08. The molecule has 4 heteroatoms. The van der Waals surface area contributed by atoms with Gasteiger partial charge in [-0.25, -0.2) is 4.98 Å². The Morgan fingerprint density at radius 1 is 1.22 bits per heavy atom. The van der Waals surface area contributed by atoms with Crippen LogP contribution in [0.2, 0.25) is 5.02 Å². The minimum Gasteiger partial charge on any atom is -0.481 e. The number of aromatic nitrogens is 1.